The molecule has 0 bridgehead atoms. The fourth-order valence-corrected chi connectivity index (χ4v) is 2.43. The number of rotatable bonds is 3. The van der Waals surface area contributed by atoms with Gasteiger partial charge in [-0.1, -0.05) is 43.2 Å². The minimum atomic E-state index is -0.667. The first-order valence-corrected chi connectivity index (χ1v) is 6.22. The van der Waals surface area contributed by atoms with E-state index in [4.69, 9.17) is 0 Å². The van der Waals surface area contributed by atoms with Crippen molar-refractivity contribution >= 4 is 0 Å². The van der Waals surface area contributed by atoms with Crippen LogP contribution in [0.5, 0.6) is 0 Å². The van der Waals surface area contributed by atoms with Gasteiger partial charge in [-0.05, 0) is 25.3 Å². The van der Waals surface area contributed by atoms with Gasteiger partial charge in [-0.2, -0.15) is 0 Å². The summed E-state index contributed by atoms with van der Waals surface area (Å²) in [6, 6.07) is 10.5. The van der Waals surface area contributed by atoms with Gasteiger partial charge in [-0.25, -0.2) is 4.39 Å². The second-order valence-corrected chi connectivity index (χ2v) is 4.71. The maximum absolute atomic E-state index is 13.7. The predicted molar refractivity (Wildman–Crippen MR) is 65.1 cm³/mol. The minimum Gasteiger partial charge on any atom is -0.305 e. The fraction of sp³-hybridized carbons (Fsp3) is 0.571. The molecule has 1 aliphatic rings. The van der Waals surface area contributed by atoms with E-state index in [1.54, 1.807) is 0 Å². The van der Waals surface area contributed by atoms with E-state index in [0.29, 0.717) is 0 Å². The monoisotopic (exact) mass is 221 g/mol. The van der Waals surface area contributed by atoms with Gasteiger partial charge in [0.2, 0.25) is 0 Å². The molecule has 2 rings (SSSR count). The van der Waals surface area contributed by atoms with Gasteiger partial charge in [0, 0.05) is 12.1 Å². The van der Waals surface area contributed by atoms with Crippen molar-refractivity contribution in [3.8, 4) is 0 Å². The van der Waals surface area contributed by atoms with Crippen molar-refractivity contribution in [3.63, 3.8) is 0 Å². The van der Waals surface area contributed by atoms with Crippen molar-refractivity contribution < 1.29 is 4.39 Å². The van der Waals surface area contributed by atoms with Crippen molar-refractivity contribution in [2.45, 2.75) is 50.9 Å². The Morgan fingerprint density at radius 1 is 1.19 bits per heavy atom. The second-order valence-electron chi connectivity index (χ2n) is 4.71. The van der Waals surface area contributed by atoms with Gasteiger partial charge in [0.05, 0.1) is 0 Å². The summed E-state index contributed by atoms with van der Waals surface area (Å²) in [4.78, 5) is 0. The Morgan fingerprint density at radius 2 is 1.88 bits per heavy atom. The summed E-state index contributed by atoms with van der Waals surface area (Å²) in [6.45, 7) is 2.11. The summed E-state index contributed by atoms with van der Waals surface area (Å²) in [7, 11) is 0. The van der Waals surface area contributed by atoms with Crippen molar-refractivity contribution in [3.05, 3.63) is 35.9 Å². The highest BCUT2D eigenvalue weighted by molar-refractivity contribution is 5.18. The molecule has 1 saturated carbocycles. The van der Waals surface area contributed by atoms with Crippen LogP contribution in [0.3, 0.4) is 0 Å². The van der Waals surface area contributed by atoms with Crippen LogP contribution in [0.1, 0.15) is 44.2 Å². The lowest BCUT2D eigenvalue weighted by atomic mass is 9.92. The van der Waals surface area contributed by atoms with Crippen LogP contribution in [0, 0.1) is 0 Å². The lowest BCUT2D eigenvalue weighted by molar-refractivity contribution is 0.180. The van der Waals surface area contributed by atoms with Crippen LogP contribution in [0.15, 0.2) is 30.3 Å². The highest BCUT2D eigenvalue weighted by Crippen LogP contribution is 2.23. The first-order chi connectivity index (χ1) is 7.77. The molecule has 0 unspecified atom stereocenters. The van der Waals surface area contributed by atoms with Crippen LogP contribution < -0.4 is 5.32 Å². The van der Waals surface area contributed by atoms with E-state index in [2.05, 4.69) is 24.4 Å². The molecule has 0 aliphatic heterocycles. The molecule has 3 atom stereocenters. The Balaban J connectivity index is 1.94. The molecular formula is C14H20FN. The molecule has 0 aromatic heterocycles. The van der Waals surface area contributed by atoms with E-state index < -0.39 is 6.17 Å². The van der Waals surface area contributed by atoms with E-state index in [9.17, 15) is 4.39 Å². The molecule has 88 valence electrons. The molecule has 1 aliphatic carbocycles. The zero-order valence-electron chi connectivity index (χ0n) is 9.83. The van der Waals surface area contributed by atoms with Crippen LogP contribution >= 0.6 is 0 Å². The molecule has 1 aromatic carbocycles. The summed E-state index contributed by atoms with van der Waals surface area (Å²) in [5, 5.41) is 3.41. The van der Waals surface area contributed by atoms with E-state index in [1.807, 2.05) is 18.2 Å². The second kappa shape index (κ2) is 5.44. The molecule has 0 radical (unpaired) electrons. The summed E-state index contributed by atoms with van der Waals surface area (Å²) in [5.74, 6) is 0. The zero-order valence-corrected chi connectivity index (χ0v) is 9.83. The van der Waals surface area contributed by atoms with Crippen LogP contribution in [0.4, 0.5) is 4.39 Å². The van der Waals surface area contributed by atoms with Crippen molar-refractivity contribution in [2.75, 3.05) is 0 Å². The Hall–Kier alpha value is -0.890. The maximum Gasteiger partial charge on any atom is 0.115 e. The van der Waals surface area contributed by atoms with Crippen LogP contribution in [0.2, 0.25) is 0 Å². The molecule has 2 heteroatoms. The highest BCUT2D eigenvalue weighted by atomic mass is 19.1. The van der Waals surface area contributed by atoms with E-state index in [1.165, 1.54) is 5.56 Å². The van der Waals surface area contributed by atoms with Gasteiger partial charge in [0.15, 0.2) is 0 Å². The number of nitrogens with one attached hydrogen (secondary N) is 1. The van der Waals surface area contributed by atoms with Crippen molar-refractivity contribution in [2.24, 2.45) is 0 Å². The molecule has 16 heavy (non-hydrogen) atoms. The van der Waals surface area contributed by atoms with Gasteiger partial charge in [-0.3, -0.25) is 0 Å². The molecule has 1 N–H and O–H groups in total. The first-order valence-electron chi connectivity index (χ1n) is 6.22. The van der Waals surface area contributed by atoms with E-state index in [-0.39, 0.29) is 12.1 Å². The van der Waals surface area contributed by atoms with Gasteiger partial charge in [0.25, 0.3) is 0 Å². The van der Waals surface area contributed by atoms with E-state index >= 15 is 0 Å². The van der Waals surface area contributed by atoms with Crippen LogP contribution in [-0.2, 0) is 0 Å². The molecule has 1 aromatic rings. The summed E-state index contributed by atoms with van der Waals surface area (Å²) in [6.07, 6.45) is 3.22. The summed E-state index contributed by atoms with van der Waals surface area (Å²) in [5.41, 5.74) is 1.24. The predicted octanol–water partition coefficient (Wildman–Crippen LogP) is 3.62. The Morgan fingerprint density at radius 3 is 2.56 bits per heavy atom. The lowest BCUT2D eigenvalue weighted by Crippen LogP contribution is -2.41. The molecule has 0 heterocycles. The van der Waals surface area contributed by atoms with Crippen molar-refractivity contribution in [1.82, 2.24) is 5.32 Å². The SMILES string of the molecule is C[C@H](N[C@@H]1CCCC[C@H]1F)c1ccccc1. The van der Waals surface area contributed by atoms with Gasteiger partial charge >= 0.3 is 0 Å². The number of hydrogen-bond acceptors (Lipinski definition) is 1. The number of halogens is 1. The Kier molecular flexibility index (Phi) is 3.94. The quantitative estimate of drug-likeness (QED) is 0.822. The molecule has 0 amide bonds. The smallest absolute Gasteiger partial charge is 0.115 e. The van der Waals surface area contributed by atoms with Crippen molar-refractivity contribution in [1.29, 1.82) is 0 Å². The summed E-state index contributed by atoms with van der Waals surface area (Å²) < 4.78 is 13.7. The highest BCUT2D eigenvalue weighted by Gasteiger charge is 2.25. The minimum absolute atomic E-state index is 0.0453. The van der Waals surface area contributed by atoms with Gasteiger partial charge < -0.3 is 5.32 Å². The van der Waals surface area contributed by atoms with Crippen LogP contribution in [0.25, 0.3) is 0 Å². The standard InChI is InChI=1S/C14H20FN/c1-11(12-7-3-2-4-8-12)16-14-10-6-5-9-13(14)15/h2-4,7-8,11,13-14,16H,5-6,9-10H2,1H3/t11-,13+,14+/m0/s1. The molecule has 0 saturated heterocycles. The first kappa shape index (κ1) is 11.6. The fourth-order valence-electron chi connectivity index (χ4n) is 2.43. The Labute approximate surface area is 97.1 Å². The lowest BCUT2D eigenvalue weighted by Gasteiger charge is -2.29. The third kappa shape index (κ3) is 2.82. The van der Waals surface area contributed by atoms with Gasteiger partial charge in [0.1, 0.15) is 6.17 Å². The van der Waals surface area contributed by atoms with E-state index in [0.717, 1.165) is 25.7 Å². The molecule has 1 nitrogen and oxygen atoms in total. The average Bonchev–Trinajstić information content (AvgIpc) is 2.33. The average molecular weight is 221 g/mol. The Bertz CT molecular complexity index is 312. The van der Waals surface area contributed by atoms with Gasteiger partial charge in [-0.15, -0.1) is 0 Å². The van der Waals surface area contributed by atoms with Crippen LogP contribution in [-0.4, -0.2) is 12.2 Å². The number of hydrogen-bond donors (Lipinski definition) is 1. The number of alkyl halides is 1. The molecular weight excluding hydrogens is 201 g/mol. The maximum atomic E-state index is 13.7. The third-order valence-corrected chi connectivity index (χ3v) is 3.45. The molecule has 0 spiro atoms. The topological polar surface area (TPSA) is 12.0 Å². The zero-order chi connectivity index (χ0) is 11.4. The normalized spacial score (nSPS) is 27.6. The third-order valence-electron chi connectivity index (χ3n) is 3.45. The largest absolute Gasteiger partial charge is 0.305 e. The molecule has 1 fully saturated rings. The summed E-state index contributed by atoms with van der Waals surface area (Å²) >= 11 is 0. The number of benzene rings is 1.